The van der Waals surface area contributed by atoms with E-state index in [0.29, 0.717) is 23.7 Å². The van der Waals surface area contributed by atoms with Crippen LogP contribution in [0.1, 0.15) is 11.1 Å². The second kappa shape index (κ2) is 5.65. The second-order valence-corrected chi connectivity index (χ2v) is 4.51. The molecule has 1 heterocycles. The molecule has 0 amide bonds. The van der Waals surface area contributed by atoms with Gasteiger partial charge in [-0.15, -0.1) is 0 Å². The zero-order valence-electron chi connectivity index (χ0n) is 9.77. The Kier molecular flexibility index (Phi) is 3.95. The number of rotatable bonds is 4. The summed E-state index contributed by atoms with van der Waals surface area (Å²) in [6, 6.07) is 10.9. The number of hydrogen-bond acceptors (Lipinski definition) is 3. The van der Waals surface area contributed by atoms with Gasteiger partial charge in [-0.1, -0.05) is 29.8 Å². The zero-order valence-corrected chi connectivity index (χ0v) is 10.5. The van der Waals surface area contributed by atoms with Gasteiger partial charge in [0, 0.05) is 29.6 Å². The van der Waals surface area contributed by atoms with Crippen molar-refractivity contribution >= 4 is 23.2 Å². The van der Waals surface area contributed by atoms with Crippen LogP contribution in [0.3, 0.4) is 0 Å². The van der Waals surface area contributed by atoms with Crippen LogP contribution in [-0.4, -0.2) is 10.8 Å². The van der Waals surface area contributed by atoms with Crippen molar-refractivity contribution in [3.05, 3.63) is 58.7 Å². The molecule has 0 saturated carbocycles. The molecule has 0 fully saturated rings. The maximum atomic E-state index is 11.9. The van der Waals surface area contributed by atoms with Crippen molar-refractivity contribution in [2.24, 2.45) is 0 Å². The van der Waals surface area contributed by atoms with Crippen LogP contribution in [0, 0.1) is 0 Å². The zero-order chi connectivity index (χ0) is 13.0. The predicted molar refractivity (Wildman–Crippen MR) is 72.5 cm³/mol. The highest BCUT2D eigenvalue weighted by molar-refractivity contribution is 6.30. The average Bonchev–Trinajstić information content (AvgIpc) is 2.32. The summed E-state index contributed by atoms with van der Waals surface area (Å²) in [4.78, 5) is 15.9. The van der Waals surface area contributed by atoms with E-state index in [9.17, 15) is 4.79 Å². The second-order valence-electron chi connectivity index (χ2n) is 4.07. The quantitative estimate of drug-likeness (QED) is 0.920. The number of hydrogen-bond donors (Lipinski definition) is 1. The summed E-state index contributed by atoms with van der Waals surface area (Å²) in [5.74, 6) is 0.508. The number of halogens is 1. The van der Waals surface area contributed by atoms with E-state index in [1.165, 1.54) is 0 Å². The number of aromatic nitrogens is 1. The number of benzene rings is 1. The molecule has 1 aromatic heterocycles. The lowest BCUT2D eigenvalue weighted by Crippen LogP contribution is -2.09. The number of carbonyl (C=O) groups excluding carboxylic acids is 1. The fraction of sp³-hybridized carbons (Fsp3) is 0.143. The van der Waals surface area contributed by atoms with Gasteiger partial charge in [0.1, 0.15) is 11.6 Å². The Morgan fingerprint density at radius 1 is 1.22 bits per heavy atom. The van der Waals surface area contributed by atoms with Crippen LogP contribution in [-0.2, 0) is 17.6 Å². The maximum Gasteiger partial charge on any atom is 0.141 e. The molecule has 0 aliphatic carbocycles. The third kappa shape index (κ3) is 3.31. The molecule has 18 heavy (non-hydrogen) atoms. The number of ketones is 1. The number of nitrogen functional groups attached to an aromatic ring is 1. The largest absolute Gasteiger partial charge is 0.383 e. The fourth-order valence-electron chi connectivity index (χ4n) is 1.75. The Hall–Kier alpha value is -1.87. The molecule has 1 aromatic carbocycles. The molecule has 0 atom stereocenters. The summed E-state index contributed by atoms with van der Waals surface area (Å²) < 4.78 is 0. The molecule has 4 heteroatoms. The number of carbonyl (C=O) groups is 1. The van der Waals surface area contributed by atoms with Crippen molar-refractivity contribution < 1.29 is 4.79 Å². The first-order valence-corrected chi connectivity index (χ1v) is 5.98. The summed E-state index contributed by atoms with van der Waals surface area (Å²) in [5.41, 5.74) is 7.38. The van der Waals surface area contributed by atoms with Crippen molar-refractivity contribution in [2.75, 3.05) is 5.73 Å². The number of anilines is 1. The first-order valence-electron chi connectivity index (χ1n) is 5.60. The van der Waals surface area contributed by atoms with Crippen LogP contribution < -0.4 is 5.73 Å². The van der Waals surface area contributed by atoms with Gasteiger partial charge >= 0.3 is 0 Å². The SMILES string of the molecule is Nc1ncccc1CC(=O)Cc1cccc(Cl)c1. The molecule has 3 nitrogen and oxygen atoms in total. The van der Waals surface area contributed by atoms with Crippen molar-refractivity contribution in [3.8, 4) is 0 Å². The van der Waals surface area contributed by atoms with Gasteiger partial charge in [0.25, 0.3) is 0 Å². The normalized spacial score (nSPS) is 10.3. The van der Waals surface area contributed by atoms with E-state index in [-0.39, 0.29) is 5.78 Å². The molecule has 0 spiro atoms. The van der Waals surface area contributed by atoms with Crippen LogP contribution in [0.2, 0.25) is 5.02 Å². The monoisotopic (exact) mass is 260 g/mol. The van der Waals surface area contributed by atoms with Gasteiger partial charge in [-0.25, -0.2) is 4.98 Å². The molecule has 0 unspecified atom stereocenters. The van der Waals surface area contributed by atoms with E-state index in [1.807, 2.05) is 18.2 Å². The lowest BCUT2D eigenvalue weighted by atomic mass is 10.0. The molecule has 0 bridgehead atoms. The Morgan fingerprint density at radius 2 is 2.06 bits per heavy atom. The highest BCUT2D eigenvalue weighted by Gasteiger charge is 2.08. The third-order valence-electron chi connectivity index (χ3n) is 2.60. The Labute approximate surface area is 111 Å². The lowest BCUT2D eigenvalue weighted by Gasteiger charge is -2.04. The van der Waals surface area contributed by atoms with Crippen LogP contribution in [0.4, 0.5) is 5.82 Å². The first-order chi connectivity index (χ1) is 8.65. The van der Waals surface area contributed by atoms with Gasteiger partial charge in [0.15, 0.2) is 0 Å². The Morgan fingerprint density at radius 3 is 2.78 bits per heavy atom. The minimum atomic E-state index is 0.0944. The van der Waals surface area contributed by atoms with Crippen LogP contribution in [0.5, 0.6) is 0 Å². The minimum absolute atomic E-state index is 0.0944. The van der Waals surface area contributed by atoms with E-state index in [4.69, 9.17) is 17.3 Å². The molecule has 0 radical (unpaired) electrons. The van der Waals surface area contributed by atoms with E-state index >= 15 is 0 Å². The van der Waals surface area contributed by atoms with Gasteiger partial charge in [-0.3, -0.25) is 4.79 Å². The standard InChI is InChI=1S/C14H13ClN2O/c15-12-5-1-3-10(7-12)8-13(18)9-11-4-2-6-17-14(11)16/h1-7H,8-9H2,(H2,16,17). The fourth-order valence-corrected chi connectivity index (χ4v) is 1.96. The summed E-state index contributed by atoms with van der Waals surface area (Å²) in [5, 5.41) is 0.640. The highest BCUT2D eigenvalue weighted by Crippen LogP contribution is 2.13. The lowest BCUT2D eigenvalue weighted by molar-refractivity contribution is -0.117. The number of nitrogens with two attached hydrogens (primary N) is 1. The topological polar surface area (TPSA) is 56.0 Å². The maximum absolute atomic E-state index is 11.9. The van der Waals surface area contributed by atoms with Gasteiger partial charge in [0.05, 0.1) is 0 Å². The number of nitrogens with zero attached hydrogens (tertiary/aromatic N) is 1. The molecule has 0 aliphatic heterocycles. The third-order valence-corrected chi connectivity index (χ3v) is 2.84. The smallest absolute Gasteiger partial charge is 0.141 e. The summed E-state index contributed by atoms with van der Waals surface area (Å²) in [7, 11) is 0. The van der Waals surface area contributed by atoms with Crippen molar-refractivity contribution in [1.82, 2.24) is 4.98 Å². The molecule has 92 valence electrons. The predicted octanol–water partition coefficient (Wildman–Crippen LogP) is 2.67. The molecule has 2 N–H and O–H groups in total. The van der Waals surface area contributed by atoms with E-state index in [2.05, 4.69) is 4.98 Å². The van der Waals surface area contributed by atoms with E-state index in [1.54, 1.807) is 24.4 Å². The Bertz CT molecular complexity index is 569. The summed E-state index contributed by atoms with van der Waals surface area (Å²) in [6.45, 7) is 0. The van der Waals surface area contributed by atoms with Crippen molar-refractivity contribution in [2.45, 2.75) is 12.8 Å². The van der Waals surface area contributed by atoms with Gasteiger partial charge in [0.2, 0.25) is 0 Å². The van der Waals surface area contributed by atoms with Crippen LogP contribution in [0.25, 0.3) is 0 Å². The van der Waals surface area contributed by atoms with E-state index < -0.39 is 0 Å². The average molecular weight is 261 g/mol. The summed E-state index contributed by atoms with van der Waals surface area (Å²) in [6.07, 6.45) is 2.27. The van der Waals surface area contributed by atoms with Gasteiger partial charge in [-0.05, 0) is 23.8 Å². The van der Waals surface area contributed by atoms with Gasteiger partial charge in [-0.2, -0.15) is 0 Å². The van der Waals surface area contributed by atoms with Crippen molar-refractivity contribution in [1.29, 1.82) is 0 Å². The first kappa shape index (κ1) is 12.6. The van der Waals surface area contributed by atoms with Crippen LogP contribution >= 0.6 is 11.6 Å². The van der Waals surface area contributed by atoms with Crippen molar-refractivity contribution in [3.63, 3.8) is 0 Å². The molecule has 0 aliphatic rings. The number of Topliss-reactive ketones (excluding diaryl/α,β-unsaturated/α-hetero) is 1. The van der Waals surface area contributed by atoms with Gasteiger partial charge < -0.3 is 5.73 Å². The van der Waals surface area contributed by atoms with E-state index in [0.717, 1.165) is 11.1 Å². The summed E-state index contributed by atoms with van der Waals surface area (Å²) >= 11 is 5.87. The highest BCUT2D eigenvalue weighted by atomic mass is 35.5. The Balaban J connectivity index is 2.03. The molecule has 0 saturated heterocycles. The molecule has 2 aromatic rings. The molecule has 2 rings (SSSR count). The molecular weight excluding hydrogens is 248 g/mol. The molecular formula is C14H13ClN2O. The number of pyridine rings is 1. The van der Waals surface area contributed by atoms with Crippen LogP contribution in [0.15, 0.2) is 42.6 Å². The minimum Gasteiger partial charge on any atom is -0.383 e.